The molecule has 88 valence electrons. The minimum Gasteiger partial charge on any atom is -0.399 e. The van der Waals surface area contributed by atoms with E-state index in [2.05, 4.69) is 4.90 Å². The molecule has 0 spiro atoms. The van der Waals surface area contributed by atoms with E-state index >= 15 is 0 Å². The number of likely N-dealkylation sites (tertiary alicyclic amines) is 1. The van der Waals surface area contributed by atoms with Gasteiger partial charge in [-0.1, -0.05) is 24.4 Å². The number of anilines is 1. The third-order valence-electron chi connectivity index (χ3n) is 3.16. The number of halogens is 1. The quantitative estimate of drug-likeness (QED) is 0.802. The summed E-state index contributed by atoms with van der Waals surface area (Å²) in [5.41, 5.74) is 7.74. The van der Waals surface area contributed by atoms with E-state index in [1.165, 1.54) is 38.8 Å². The molecule has 1 aliphatic rings. The smallest absolute Gasteiger partial charge is 0.0452 e. The minimum atomic E-state index is 0.800. The molecule has 0 aliphatic carbocycles. The zero-order valence-electron chi connectivity index (χ0n) is 9.58. The average Bonchev–Trinajstić information content (AvgIpc) is 2.52. The van der Waals surface area contributed by atoms with Crippen molar-refractivity contribution in [3.8, 4) is 0 Å². The van der Waals surface area contributed by atoms with Crippen LogP contribution in [0.2, 0.25) is 5.02 Å². The molecule has 1 aromatic rings. The van der Waals surface area contributed by atoms with Gasteiger partial charge in [0.25, 0.3) is 0 Å². The molecule has 2 N–H and O–H groups in total. The summed E-state index contributed by atoms with van der Waals surface area (Å²) in [7, 11) is 0. The number of hydrogen-bond donors (Lipinski definition) is 1. The lowest BCUT2D eigenvalue weighted by molar-refractivity contribution is 0.277. The summed E-state index contributed by atoms with van der Waals surface area (Å²) in [6.45, 7) is 3.31. The molecule has 3 heteroatoms. The van der Waals surface area contributed by atoms with Gasteiger partial charge in [-0.15, -0.1) is 0 Å². The van der Waals surface area contributed by atoms with Crippen molar-refractivity contribution in [3.05, 3.63) is 28.8 Å². The van der Waals surface area contributed by atoms with Crippen molar-refractivity contribution in [2.75, 3.05) is 18.8 Å². The second-order valence-electron chi connectivity index (χ2n) is 4.54. The molecule has 0 aromatic heterocycles. The Morgan fingerprint density at radius 1 is 1.12 bits per heavy atom. The molecule has 1 saturated heterocycles. The van der Waals surface area contributed by atoms with E-state index in [1.54, 1.807) is 0 Å². The van der Waals surface area contributed by atoms with Gasteiger partial charge in [-0.2, -0.15) is 0 Å². The largest absolute Gasteiger partial charge is 0.399 e. The molecule has 0 bridgehead atoms. The van der Waals surface area contributed by atoms with Crippen molar-refractivity contribution in [1.82, 2.24) is 4.90 Å². The van der Waals surface area contributed by atoms with E-state index in [1.807, 2.05) is 18.2 Å². The van der Waals surface area contributed by atoms with Crippen LogP contribution >= 0.6 is 11.6 Å². The Hall–Kier alpha value is -0.730. The van der Waals surface area contributed by atoms with Crippen LogP contribution in [0.25, 0.3) is 0 Å². The molecule has 1 aliphatic heterocycles. The number of hydrogen-bond acceptors (Lipinski definition) is 2. The molecule has 0 saturated carbocycles. The zero-order valence-corrected chi connectivity index (χ0v) is 10.3. The standard InChI is InChI=1S/C13H19ClN2/c14-13-6-5-12(15)9-11(13)10-16-7-3-1-2-4-8-16/h5-6,9H,1-4,7-8,10,15H2. The zero-order chi connectivity index (χ0) is 11.4. The normalized spacial score (nSPS) is 18.3. The summed E-state index contributed by atoms with van der Waals surface area (Å²) in [6.07, 6.45) is 5.34. The van der Waals surface area contributed by atoms with Crippen LogP contribution in [-0.4, -0.2) is 18.0 Å². The van der Waals surface area contributed by atoms with E-state index < -0.39 is 0 Å². The van der Waals surface area contributed by atoms with Gasteiger partial charge in [0, 0.05) is 17.3 Å². The molecule has 16 heavy (non-hydrogen) atoms. The number of rotatable bonds is 2. The second-order valence-corrected chi connectivity index (χ2v) is 4.95. The first-order valence-electron chi connectivity index (χ1n) is 6.02. The Labute approximate surface area is 102 Å². The van der Waals surface area contributed by atoms with Gasteiger partial charge in [0.15, 0.2) is 0 Å². The van der Waals surface area contributed by atoms with Crippen molar-refractivity contribution >= 4 is 17.3 Å². The van der Waals surface area contributed by atoms with Gasteiger partial charge in [-0.3, -0.25) is 4.90 Å². The highest BCUT2D eigenvalue weighted by molar-refractivity contribution is 6.31. The van der Waals surface area contributed by atoms with E-state index in [4.69, 9.17) is 17.3 Å². The summed E-state index contributed by atoms with van der Waals surface area (Å²) < 4.78 is 0. The summed E-state index contributed by atoms with van der Waals surface area (Å²) in [4.78, 5) is 2.48. The lowest BCUT2D eigenvalue weighted by Crippen LogP contribution is -2.24. The third kappa shape index (κ3) is 3.13. The first-order valence-corrected chi connectivity index (χ1v) is 6.40. The Kier molecular flexibility index (Phi) is 4.08. The second kappa shape index (κ2) is 5.55. The van der Waals surface area contributed by atoms with E-state index in [-0.39, 0.29) is 0 Å². The van der Waals surface area contributed by atoms with Crippen molar-refractivity contribution < 1.29 is 0 Å². The van der Waals surface area contributed by atoms with Crippen LogP contribution in [0.3, 0.4) is 0 Å². The number of nitrogens with two attached hydrogens (primary N) is 1. The number of benzene rings is 1. The van der Waals surface area contributed by atoms with Crippen LogP contribution in [0, 0.1) is 0 Å². The van der Waals surface area contributed by atoms with E-state index in [0.717, 1.165) is 22.8 Å². The lowest BCUT2D eigenvalue weighted by Gasteiger charge is -2.20. The van der Waals surface area contributed by atoms with Crippen LogP contribution in [0.5, 0.6) is 0 Å². The number of nitrogens with zero attached hydrogens (tertiary/aromatic N) is 1. The summed E-state index contributed by atoms with van der Waals surface area (Å²) >= 11 is 6.17. The fourth-order valence-electron chi connectivity index (χ4n) is 2.25. The molecule has 2 rings (SSSR count). The molecular formula is C13H19ClN2. The van der Waals surface area contributed by atoms with Gasteiger partial charge in [-0.05, 0) is 49.7 Å². The molecule has 0 unspecified atom stereocenters. The van der Waals surface area contributed by atoms with Crippen molar-refractivity contribution in [3.63, 3.8) is 0 Å². The SMILES string of the molecule is Nc1ccc(Cl)c(CN2CCCCCC2)c1. The summed E-state index contributed by atoms with van der Waals surface area (Å²) in [5, 5.41) is 0.832. The highest BCUT2D eigenvalue weighted by atomic mass is 35.5. The Morgan fingerprint density at radius 3 is 2.50 bits per heavy atom. The van der Waals surface area contributed by atoms with E-state index in [9.17, 15) is 0 Å². The van der Waals surface area contributed by atoms with Crippen LogP contribution in [-0.2, 0) is 6.54 Å². The summed E-state index contributed by atoms with van der Waals surface area (Å²) in [5.74, 6) is 0. The average molecular weight is 239 g/mol. The minimum absolute atomic E-state index is 0.800. The fourth-order valence-corrected chi connectivity index (χ4v) is 2.43. The summed E-state index contributed by atoms with van der Waals surface area (Å²) in [6, 6.07) is 5.74. The Bertz CT molecular complexity index is 344. The van der Waals surface area contributed by atoms with Gasteiger partial charge in [0.05, 0.1) is 0 Å². The third-order valence-corrected chi connectivity index (χ3v) is 3.53. The maximum Gasteiger partial charge on any atom is 0.0452 e. The fraction of sp³-hybridized carbons (Fsp3) is 0.538. The van der Waals surface area contributed by atoms with Crippen LogP contribution < -0.4 is 5.73 Å². The van der Waals surface area contributed by atoms with Crippen molar-refractivity contribution in [1.29, 1.82) is 0 Å². The van der Waals surface area contributed by atoms with Gasteiger partial charge in [0.1, 0.15) is 0 Å². The number of nitrogen functional groups attached to an aromatic ring is 1. The molecule has 1 fully saturated rings. The lowest BCUT2D eigenvalue weighted by atomic mass is 10.2. The van der Waals surface area contributed by atoms with E-state index in [0.29, 0.717) is 0 Å². The topological polar surface area (TPSA) is 29.3 Å². The van der Waals surface area contributed by atoms with Gasteiger partial charge in [-0.25, -0.2) is 0 Å². The molecule has 2 nitrogen and oxygen atoms in total. The van der Waals surface area contributed by atoms with Gasteiger partial charge >= 0.3 is 0 Å². The van der Waals surface area contributed by atoms with Crippen LogP contribution in [0.1, 0.15) is 31.2 Å². The highest BCUT2D eigenvalue weighted by Gasteiger charge is 2.11. The van der Waals surface area contributed by atoms with Crippen LogP contribution in [0.4, 0.5) is 5.69 Å². The Morgan fingerprint density at radius 2 is 1.81 bits per heavy atom. The van der Waals surface area contributed by atoms with Gasteiger partial charge < -0.3 is 5.73 Å². The maximum atomic E-state index is 6.17. The Balaban J connectivity index is 2.04. The van der Waals surface area contributed by atoms with Crippen LogP contribution in [0.15, 0.2) is 18.2 Å². The molecule has 1 aromatic carbocycles. The van der Waals surface area contributed by atoms with Gasteiger partial charge in [0.2, 0.25) is 0 Å². The highest BCUT2D eigenvalue weighted by Crippen LogP contribution is 2.22. The van der Waals surface area contributed by atoms with Crippen molar-refractivity contribution in [2.24, 2.45) is 0 Å². The molecule has 0 amide bonds. The predicted octanol–water partition coefficient (Wildman–Crippen LogP) is 3.30. The predicted molar refractivity (Wildman–Crippen MR) is 69.6 cm³/mol. The molecule has 1 heterocycles. The molecule has 0 radical (unpaired) electrons. The maximum absolute atomic E-state index is 6.17. The first-order chi connectivity index (χ1) is 7.75. The van der Waals surface area contributed by atoms with Crippen molar-refractivity contribution in [2.45, 2.75) is 32.2 Å². The first kappa shape index (κ1) is 11.7. The monoisotopic (exact) mass is 238 g/mol. The molecule has 0 atom stereocenters. The molecular weight excluding hydrogens is 220 g/mol.